The van der Waals surface area contributed by atoms with Crippen molar-refractivity contribution in [1.29, 1.82) is 0 Å². The van der Waals surface area contributed by atoms with Crippen LogP contribution < -0.4 is 15.3 Å². The van der Waals surface area contributed by atoms with Crippen molar-refractivity contribution in [2.75, 3.05) is 29.7 Å². The number of phenolic OH excluding ortho intramolecular Hbond substituents is 1. The van der Waals surface area contributed by atoms with Crippen LogP contribution in [-0.4, -0.2) is 41.8 Å². The van der Waals surface area contributed by atoms with Gasteiger partial charge in [-0.05, 0) is 42.3 Å². The standard InChI is InChI=1S/C20H22Cl2N2O4/c1-13-2-3-15(12-17(13)24(10-8-21)11-9-22)19(26)23-18(20(27)28)14-4-6-16(25)7-5-14/h2-7,12,18,25H,8-11H2,1H3,(H,23,26)(H,27,28)/p-1. The minimum atomic E-state index is -1.45. The van der Waals surface area contributed by atoms with E-state index < -0.39 is 17.9 Å². The molecule has 0 saturated carbocycles. The molecule has 150 valence electrons. The third-order valence-corrected chi connectivity index (χ3v) is 4.60. The number of aryl methyl sites for hydroxylation is 1. The summed E-state index contributed by atoms with van der Waals surface area (Å²) in [7, 11) is 0. The highest BCUT2D eigenvalue weighted by Gasteiger charge is 2.19. The van der Waals surface area contributed by atoms with Crippen molar-refractivity contribution in [3.63, 3.8) is 0 Å². The Labute approximate surface area is 173 Å². The number of aromatic hydroxyl groups is 1. The number of hydrogen-bond acceptors (Lipinski definition) is 5. The van der Waals surface area contributed by atoms with E-state index in [9.17, 15) is 19.8 Å². The average Bonchev–Trinajstić information content (AvgIpc) is 2.67. The van der Waals surface area contributed by atoms with Gasteiger partial charge >= 0.3 is 0 Å². The molecule has 1 amide bonds. The second-order valence-corrected chi connectivity index (χ2v) is 6.94. The third kappa shape index (κ3) is 5.53. The van der Waals surface area contributed by atoms with Gasteiger partial charge in [-0.3, -0.25) is 4.79 Å². The average molecular weight is 424 g/mol. The van der Waals surface area contributed by atoms with Crippen molar-refractivity contribution in [2.45, 2.75) is 13.0 Å². The number of amides is 1. The van der Waals surface area contributed by atoms with Gasteiger partial charge in [0.1, 0.15) is 5.75 Å². The number of benzene rings is 2. The lowest BCUT2D eigenvalue weighted by Crippen LogP contribution is -2.41. The molecule has 6 nitrogen and oxygen atoms in total. The minimum Gasteiger partial charge on any atom is -0.548 e. The van der Waals surface area contributed by atoms with Crippen molar-refractivity contribution in [3.05, 3.63) is 59.2 Å². The number of carboxylic acids is 1. The maximum Gasteiger partial charge on any atom is 0.252 e. The first-order chi connectivity index (χ1) is 13.4. The largest absolute Gasteiger partial charge is 0.548 e. The van der Waals surface area contributed by atoms with E-state index in [2.05, 4.69) is 5.32 Å². The van der Waals surface area contributed by atoms with Gasteiger partial charge in [0.2, 0.25) is 0 Å². The molecule has 1 unspecified atom stereocenters. The number of hydrogen-bond donors (Lipinski definition) is 2. The zero-order valence-corrected chi connectivity index (χ0v) is 16.8. The maximum atomic E-state index is 12.7. The van der Waals surface area contributed by atoms with E-state index in [0.717, 1.165) is 11.3 Å². The molecule has 0 aliphatic heterocycles. The van der Waals surface area contributed by atoms with Crippen LogP contribution in [0.2, 0.25) is 0 Å². The van der Waals surface area contributed by atoms with E-state index in [4.69, 9.17) is 23.2 Å². The Kier molecular flexibility index (Phi) is 7.96. The van der Waals surface area contributed by atoms with Crippen LogP contribution in [0.25, 0.3) is 0 Å². The summed E-state index contributed by atoms with van der Waals surface area (Å²) in [5.41, 5.74) is 2.36. The van der Waals surface area contributed by atoms with Crippen molar-refractivity contribution >= 4 is 40.8 Å². The molecular weight excluding hydrogens is 403 g/mol. The highest BCUT2D eigenvalue weighted by molar-refractivity contribution is 6.18. The Balaban J connectivity index is 2.28. The molecule has 0 aliphatic rings. The number of alkyl halides is 2. The normalized spacial score (nSPS) is 11.7. The van der Waals surface area contributed by atoms with Crippen LogP contribution in [0, 0.1) is 6.92 Å². The molecule has 0 heterocycles. The monoisotopic (exact) mass is 423 g/mol. The summed E-state index contributed by atoms with van der Waals surface area (Å²) in [5.74, 6) is -1.20. The molecule has 2 N–H and O–H groups in total. The van der Waals surface area contributed by atoms with Crippen LogP contribution in [0.15, 0.2) is 42.5 Å². The number of nitrogens with one attached hydrogen (secondary N) is 1. The van der Waals surface area contributed by atoms with Crippen LogP contribution in [0.4, 0.5) is 5.69 Å². The first-order valence-corrected chi connectivity index (χ1v) is 9.72. The predicted octanol–water partition coefficient (Wildman–Crippen LogP) is 2.21. The van der Waals surface area contributed by atoms with E-state index in [-0.39, 0.29) is 5.75 Å². The lowest BCUT2D eigenvalue weighted by atomic mass is 10.0. The number of carbonyl (C=O) groups is 2. The summed E-state index contributed by atoms with van der Waals surface area (Å²) in [4.78, 5) is 26.2. The Morgan fingerprint density at radius 2 is 1.71 bits per heavy atom. The molecule has 8 heteroatoms. The molecule has 0 saturated heterocycles. The van der Waals surface area contributed by atoms with Gasteiger partial charge in [-0.2, -0.15) is 0 Å². The van der Waals surface area contributed by atoms with Crippen LogP contribution in [-0.2, 0) is 4.79 Å². The van der Waals surface area contributed by atoms with Crippen molar-refractivity contribution in [2.24, 2.45) is 0 Å². The molecule has 28 heavy (non-hydrogen) atoms. The molecule has 0 fully saturated rings. The second kappa shape index (κ2) is 10.2. The quantitative estimate of drug-likeness (QED) is 0.603. The maximum absolute atomic E-state index is 12.7. The Morgan fingerprint density at radius 1 is 1.11 bits per heavy atom. The van der Waals surface area contributed by atoms with E-state index in [1.807, 2.05) is 11.8 Å². The fourth-order valence-electron chi connectivity index (χ4n) is 2.81. The van der Waals surface area contributed by atoms with Gasteiger partial charge in [-0.1, -0.05) is 18.2 Å². The SMILES string of the molecule is Cc1ccc(C(=O)NC(C(=O)[O-])c2ccc(O)cc2)cc1N(CCCl)CCCl. The van der Waals surface area contributed by atoms with E-state index >= 15 is 0 Å². The van der Waals surface area contributed by atoms with Gasteiger partial charge in [0.05, 0.1) is 12.0 Å². The second-order valence-electron chi connectivity index (χ2n) is 6.18. The van der Waals surface area contributed by atoms with Gasteiger partial charge in [-0.15, -0.1) is 23.2 Å². The number of carbonyl (C=O) groups excluding carboxylic acids is 2. The van der Waals surface area contributed by atoms with Crippen LogP contribution in [0.5, 0.6) is 5.75 Å². The number of anilines is 1. The van der Waals surface area contributed by atoms with Crippen molar-refractivity contribution < 1.29 is 19.8 Å². The zero-order chi connectivity index (χ0) is 20.7. The summed E-state index contributed by atoms with van der Waals surface area (Å²) in [5, 5.41) is 23.3. The number of halogens is 2. The van der Waals surface area contributed by atoms with Crippen LogP contribution in [0.3, 0.4) is 0 Å². The first-order valence-electron chi connectivity index (χ1n) is 8.65. The van der Waals surface area contributed by atoms with Crippen molar-refractivity contribution in [1.82, 2.24) is 5.32 Å². The molecule has 2 rings (SSSR count). The number of rotatable bonds is 9. The van der Waals surface area contributed by atoms with Crippen LogP contribution >= 0.6 is 23.2 Å². The molecule has 2 aromatic carbocycles. The van der Waals surface area contributed by atoms with E-state index in [1.165, 1.54) is 24.3 Å². The third-order valence-electron chi connectivity index (χ3n) is 4.26. The topological polar surface area (TPSA) is 92.7 Å². The van der Waals surface area contributed by atoms with Gasteiger partial charge in [0.15, 0.2) is 0 Å². The van der Waals surface area contributed by atoms with E-state index in [0.29, 0.717) is 36.0 Å². The fourth-order valence-corrected chi connectivity index (χ4v) is 3.22. The highest BCUT2D eigenvalue weighted by atomic mass is 35.5. The molecule has 0 aliphatic carbocycles. The van der Waals surface area contributed by atoms with E-state index in [1.54, 1.807) is 18.2 Å². The van der Waals surface area contributed by atoms with Gasteiger partial charge < -0.3 is 25.2 Å². The minimum absolute atomic E-state index is 0.00553. The molecule has 1 atom stereocenters. The lowest BCUT2D eigenvalue weighted by Gasteiger charge is -2.26. The molecule has 0 bridgehead atoms. The summed E-state index contributed by atoms with van der Waals surface area (Å²) in [6.07, 6.45) is 0. The summed E-state index contributed by atoms with van der Waals surface area (Å²) in [6.45, 7) is 3.04. The molecule has 0 aromatic heterocycles. The lowest BCUT2D eigenvalue weighted by molar-refractivity contribution is -0.308. The Bertz CT molecular complexity index is 821. The number of phenols is 1. The smallest absolute Gasteiger partial charge is 0.252 e. The van der Waals surface area contributed by atoms with Crippen molar-refractivity contribution in [3.8, 4) is 5.75 Å². The molecule has 0 spiro atoms. The summed E-state index contributed by atoms with van der Waals surface area (Å²) < 4.78 is 0. The number of carboxylic acid groups (broad SMARTS) is 1. The van der Waals surface area contributed by atoms with Gasteiger partial charge in [0.25, 0.3) is 5.91 Å². The molecule has 0 radical (unpaired) electrons. The Morgan fingerprint density at radius 3 is 2.25 bits per heavy atom. The Hall–Kier alpha value is -2.44. The first kappa shape index (κ1) is 21.9. The predicted molar refractivity (Wildman–Crippen MR) is 108 cm³/mol. The number of aliphatic carboxylic acids is 1. The summed E-state index contributed by atoms with van der Waals surface area (Å²) in [6, 6.07) is 9.27. The molecule has 2 aromatic rings. The number of nitrogens with zero attached hydrogens (tertiary/aromatic N) is 1. The van der Waals surface area contributed by atoms with Gasteiger partial charge in [-0.25, -0.2) is 0 Å². The summed E-state index contributed by atoms with van der Waals surface area (Å²) >= 11 is 11.7. The van der Waals surface area contributed by atoms with Crippen LogP contribution in [0.1, 0.15) is 27.5 Å². The molecular formula is C20H21Cl2N2O4-. The highest BCUT2D eigenvalue weighted by Crippen LogP contribution is 2.23. The fraction of sp³-hybridized carbons (Fsp3) is 0.300. The van der Waals surface area contributed by atoms with Gasteiger partial charge in [0, 0.05) is 36.1 Å². The zero-order valence-electron chi connectivity index (χ0n) is 15.3.